The average Bonchev–Trinajstić information content (AvgIpc) is 2.98. The molecule has 0 spiro atoms. The second-order valence-corrected chi connectivity index (χ2v) is 10.7. The number of piperidine rings is 1. The molecule has 2 aliphatic heterocycles. The van der Waals surface area contributed by atoms with Crippen LogP contribution in [0.15, 0.2) is 36.8 Å². The van der Waals surface area contributed by atoms with Crippen LogP contribution in [0.4, 0.5) is 5.82 Å². The minimum Gasteiger partial charge on any atom is -0.493 e. The number of hydrogen-bond donors (Lipinski definition) is 1. The third kappa shape index (κ3) is 7.17. The third-order valence-corrected chi connectivity index (χ3v) is 7.95. The molecule has 2 aliphatic rings. The highest BCUT2D eigenvalue weighted by Gasteiger charge is 2.22. The average molecular weight is 570 g/mol. The van der Waals surface area contributed by atoms with Gasteiger partial charge < -0.3 is 29.5 Å². The van der Waals surface area contributed by atoms with Crippen LogP contribution in [0.5, 0.6) is 11.5 Å². The molecule has 4 heterocycles. The van der Waals surface area contributed by atoms with E-state index in [1.807, 2.05) is 18.2 Å². The molecule has 1 aromatic carbocycles. The van der Waals surface area contributed by atoms with Gasteiger partial charge >= 0.3 is 0 Å². The number of likely N-dealkylation sites (tertiary alicyclic amines) is 1. The molecule has 39 heavy (non-hydrogen) atoms. The number of fused-ring (bicyclic) bond motifs is 1. The molecule has 9 nitrogen and oxygen atoms in total. The number of nitrogens with one attached hydrogen (secondary N) is 1. The topological polar surface area (TPSA) is 78.9 Å². The van der Waals surface area contributed by atoms with E-state index >= 15 is 0 Å². The van der Waals surface area contributed by atoms with Gasteiger partial charge in [-0.15, -0.1) is 0 Å². The molecular formula is C28H36ClN7O2S. The van der Waals surface area contributed by atoms with Crippen molar-refractivity contribution in [3.63, 3.8) is 0 Å². The first-order chi connectivity index (χ1) is 19.1. The summed E-state index contributed by atoms with van der Waals surface area (Å²) < 4.78 is 11.9. The van der Waals surface area contributed by atoms with E-state index in [-0.39, 0.29) is 0 Å². The predicted octanol–water partition coefficient (Wildman–Crippen LogP) is 4.14. The molecule has 5 rings (SSSR count). The van der Waals surface area contributed by atoms with Crippen LogP contribution in [0.2, 0.25) is 5.15 Å². The van der Waals surface area contributed by atoms with Crippen LogP contribution in [0.25, 0.3) is 10.9 Å². The lowest BCUT2D eigenvalue weighted by Gasteiger charge is -2.37. The monoisotopic (exact) mass is 569 g/mol. The Kier molecular flexibility index (Phi) is 9.49. The fourth-order valence-electron chi connectivity index (χ4n) is 5.15. The Morgan fingerprint density at radius 2 is 1.82 bits per heavy atom. The van der Waals surface area contributed by atoms with Gasteiger partial charge in [0.15, 0.2) is 16.6 Å². The maximum atomic E-state index is 6.15. The van der Waals surface area contributed by atoms with Crippen LogP contribution in [0.3, 0.4) is 0 Å². The second kappa shape index (κ2) is 13.4. The van der Waals surface area contributed by atoms with E-state index < -0.39 is 0 Å². The van der Waals surface area contributed by atoms with Crippen LogP contribution < -0.4 is 19.7 Å². The zero-order valence-corrected chi connectivity index (χ0v) is 24.0. The van der Waals surface area contributed by atoms with Gasteiger partial charge in [-0.1, -0.05) is 24.1 Å². The summed E-state index contributed by atoms with van der Waals surface area (Å²) in [6, 6.07) is 7.71. The van der Waals surface area contributed by atoms with Crippen LogP contribution >= 0.6 is 23.8 Å². The molecule has 0 atom stereocenters. The molecule has 1 N–H and O–H groups in total. The fraction of sp³-hybridized carbons (Fsp3) is 0.500. The molecular weight excluding hydrogens is 534 g/mol. The van der Waals surface area contributed by atoms with Crippen molar-refractivity contribution in [3.05, 3.63) is 47.5 Å². The van der Waals surface area contributed by atoms with Crippen LogP contribution in [-0.2, 0) is 6.54 Å². The largest absolute Gasteiger partial charge is 0.493 e. The van der Waals surface area contributed by atoms with Crippen LogP contribution in [-0.4, -0.2) is 89.4 Å². The number of aromatic nitrogens is 3. The van der Waals surface area contributed by atoms with E-state index in [1.165, 1.54) is 32.4 Å². The Bertz CT molecular complexity index is 1250. The molecule has 208 valence electrons. The first kappa shape index (κ1) is 27.6. The minimum absolute atomic E-state index is 0.485. The number of anilines is 1. The van der Waals surface area contributed by atoms with E-state index in [0.29, 0.717) is 24.1 Å². The van der Waals surface area contributed by atoms with E-state index in [1.54, 1.807) is 25.7 Å². The zero-order chi connectivity index (χ0) is 27.0. The van der Waals surface area contributed by atoms with Gasteiger partial charge in [0, 0.05) is 56.9 Å². The Morgan fingerprint density at radius 1 is 1.00 bits per heavy atom. The van der Waals surface area contributed by atoms with Crippen LogP contribution in [0.1, 0.15) is 31.2 Å². The summed E-state index contributed by atoms with van der Waals surface area (Å²) in [6.07, 6.45) is 8.35. The van der Waals surface area contributed by atoms with Crippen molar-refractivity contribution in [2.75, 3.05) is 64.4 Å². The number of thiocarbonyl (C=S) groups is 1. The van der Waals surface area contributed by atoms with Crippen molar-refractivity contribution < 1.29 is 9.47 Å². The van der Waals surface area contributed by atoms with Crippen molar-refractivity contribution in [1.82, 2.24) is 30.1 Å². The fourth-order valence-corrected chi connectivity index (χ4v) is 5.52. The summed E-state index contributed by atoms with van der Waals surface area (Å²) in [5.74, 6) is 2.34. The van der Waals surface area contributed by atoms with Gasteiger partial charge in [-0.3, -0.25) is 0 Å². The van der Waals surface area contributed by atoms with E-state index in [0.717, 1.165) is 72.3 Å². The minimum atomic E-state index is 0.485. The van der Waals surface area contributed by atoms with Gasteiger partial charge in [-0.2, -0.15) is 0 Å². The highest BCUT2D eigenvalue weighted by atomic mass is 35.5. The number of ether oxygens (including phenoxy) is 2. The van der Waals surface area contributed by atoms with Crippen molar-refractivity contribution in [1.29, 1.82) is 0 Å². The summed E-state index contributed by atoms with van der Waals surface area (Å²) >= 11 is 11.5. The lowest BCUT2D eigenvalue weighted by Crippen LogP contribution is -2.51. The second-order valence-electron chi connectivity index (χ2n) is 9.94. The smallest absolute Gasteiger partial charge is 0.169 e. The van der Waals surface area contributed by atoms with E-state index in [2.05, 4.69) is 35.0 Å². The Labute approximate surface area is 240 Å². The molecule has 2 aromatic heterocycles. The SMILES string of the molecule is COc1cc2c(N3CCN(C(=S)NCc4ccc(Cl)nc4)CC3)ncnc2cc1OCCCN1CCCCC1. The molecule has 3 aromatic rings. The molecule has 11 heteroatoms. The van der Waals surface area contributed by atoms with Crippen molar-refractivity contribution in [3.8, 4) is 11.5 Å². The lowest BCUT2D eigenvalue weighted by atomic mass is 10.1. The number of halogens is 1. The number of piperazine rings is 1. The first-order valence-electron chi connectivity index (χ1n) is 13.7. The summed E-state index contributed by atoms with van der Waals surface area (Å²) in [5.41, 5.74) is 1.88. The maximum Gasteiger partial charge on any atom is 0.169 e. The lowest BCUT2D eigenvalue weighted by molar-refractivity contribution is 0.203. The van der Waals surface area contributed by atoms with Gasteiger partial charge in [0.1, 0.15) is 17.3 Å². The molecule has 0 aliphatic carbocycles. The number of methoxy groups -OCH3 is 1. The van der Waals surface area contributed by atoms with Gasteiger partial charge in [-0.05, 0) is 62.3 Å². The molecule has 0 amide bonds. The normalized spacial score (nSPS) is 16.4. The van der Waals surface area contributed by atoms with Gasteiger partial charge in [0.05, 0.1) is 19.2 Å². The van der Waals surface area contributed by atoms with E-state index in [9.17, 15) is 0 Å². The highest BCUT2D eigenvalue weighted by Crippen LogP contribution is 2.35. The predicted molar refractivity (Wildman–Crippen MR) is 159 cm³/mol. The molecule has 0 radical (unpaired) electrons. The van der Waals surface area contributed by atoms with Gasteiger partial charge in [0.2, 0.25) is 0 Å². The van der Waals surface area contributed by atoms with E-state index in [4.69, 9.17) is 33.3 Å². The Morgan fingerprint density at radius 3 is 2.56 bits per heavy atom. The number of nitrogens with zero attached hydrogens (tertiary/aromatic N) is 6. The summed E-state index contributed by atoms with van der Waals surface area (Å²) in [6.45, 7) is 7.94. The third-order valence-electron chi connectivity index (χ3n) is 7.32. The maximum absolute atomic E-state index is 6.15. The summed E-state index contributed by atoms with van der Waals surface area (Å²) in [4.78, 5) is 20.3. The van der Waals surface area contributed by atoms with Crippen molar-refractivity contribution in [2.24, 2.45) is 0 Å². The quantitative estimate of drug-likeness (QED) is 0.231. The standard InChI is InChI=1S/C28H36ClN7O2S/c1-37-24-16-22-23(17-25(24)38-15-5-10-34-8-3-2-4-9-34)32-20-33-27(22)35-11-13-36(14-12-35)28(39)31-19-21-6-7-26(29)30-18-21/h6-7,16-18,20H,2-5,8-15,19H2,1H3,(H,31,39). The summed E-state index contributed by atoms with van der Waals surface area (Å²) in [5, 5.41) is 5.51. The van der Waals surface area contributed by atoms with Crippen molar-refractivity contribution in [2.45, 2.75) is 32.2 Å². The molecule has 2 fully saturated rings. The number of benzene rings is 1. The van der Waals surface area contributed by atoms with Gasteiger partial charge in [0.25, 0.3) is 0 Å². The molecule has 2 saturated heterocycles. The zero-order valence-electron chi connectivity index (χ0n) is 22.4. The molecule has 0 bridgehead atoms. The number of pyridine rings is 1. The van der Waals surface area contributed by atoms with Crippen LogP contribution in [0, 0.1) is 0 Å². The number of rotatable bonds is 9. The number of hydrogen-bond acceptors (Lipinski definition) is 8. The molecule has 0 saturated carbocycles. The Balaban J connectivity index is 1.18. The summed E-state index contributed by atoms with van der Waals surface area (Å²) in [7, 11) is 1.68. The molecule has 0 unspecified atom stereocenters. The highest BCUT2D eigenvalue weighted by molar-refractivity contribution is 7.80. The van der Waals surface area contributed by atoms with Gasteiger partial charge in [-0.25, -0.2) is 15.0 Å². The first-order valence-corrected chi connectivity index (χ1v) is 14.5. The van der Waals surface area contributed by atoms with Crippen molar-refractivity contribution >= 4 is 45.7 Å². The Hall–Kier alpha value is -2.95.